The predicted octanol–water partition coefficient (Wildman–Crippen LogP) is 2.00. The van der Waals surface area contributed by atoms with E-state index < -0.39 is 0 Å². The molecule has 3 rings (SSSR count). The standard InChI is InChI=1S/C17H25ClN4O2/c1-2-22-5-3-4-13(22)11-21-17(19)20-10-12-8-14(18)16-15(9-12)23-6-7-24-16/h8-9,13H,2-7,10-11H2,1H3,(H3,19,20,21). The lowest BCUT2D eigenvalue weighted by Crippen LogP contribution is -2.42. The van der Waals surface area contributed by atoms with Crippen LogP contribution in [0.2, 0.25) is 5.02 Å². The molecule has 0 amide bonds. The summed E-state index contributed by atoms with van der Waals surface area (Å²) in [5.41, 5.74) is 6.94. The molecule has 0 aromatic heterocycles. The highest BCUT2D eigenvalue weighted by molar-refractivity contribution is 6.32. The molecule has 1 aromatic rings. The van der Waals surface area contributed by atoms with E-state index in [0.29, 0.717) is 48.3 Å². The average molecular weight is 353 g/mol. The van der Waals surface area contributed by atoms with Crippen molar-refractivity contribution < 1.29 is 9.47 Å². The number of nitrogens with two attached hydrogens (primary N) is 1. The van der Waals surface area contributed by atoms with E-state index in [9.17, 15) is 0 Å². The van der Waals surface area contributed by atoms with Crippen molar-refractivity contribution in [2.45, 2.75) is 32.4 Å². The number of likely N-dealkylation sites (tertiary alicyclic amines) is 1. The van der Waals surface area contributed by atoms with Gasteiger partial charge in [-0.1, -0.05) is 18.5 Å². The van der Waals surface area contributed by atoms with Crippen molar-refractivity contribution in [1.82, 2.24) is 10.2 Å². The molecular weight excluding hydrogens is 328 g/mol. The van der Waals surface area contributed by atoms with Crippen LogP contribution in [0.25, 0.3) is 0 Å². The van der Waals surface area contributed by atoms with Gasteiger partial charge < -0.3 is 20.5 Å². The summed E-state index contributed by atoms with van der Waals surface area (Å²) in [4.78, 5) is 6.88. The van der Waals surface area contributed by atoms with Crippen LogP contribution in [-0.2, 0) is 6.54 Å². The number of benzene rings is 1. The Bertz CT molecular complexity index is 608. The second-order valence-corrected chi connectivity index (χ2v) is 6.52. The monoisotopic (exact) mass is 352 g/mol. The minimum Gasteiger partial charge on any atom is -0.486 e. The molecule has 1 atom stereocenters. The molecule has 2 heterocycles. The molecule has 2 aliphatic heterocycles. The number of ether oxygens (including phenoxy) is 2. The third-order valence-corrected chi connectivity index (χ3v) is 4.79. The van der Waals surface area contributed by atoms with Crippen molar-refractivity contribution in [1.29, 1.82) is 0 Å². The first-order chi connectivity index (χ1) is 11.7. The van der Waals surface area contributed by atoms with Gasteiger partial charge in [-0.25, -0.2) is 4.99 Å². The first-order valence-corrected chi connectivity index (χ1v) is 8.91. The Morgan fingerprint density at radius 3 is 3.08 bits per heavy atom. The van der Waals surface area contributed by atoms with Gasteiger partial charge in [-0.15, -0.1) is 0 Å². The molecule has 2 aliphatic rings. The molecule has 0 radical (unpaired) electrons. The fourth-order valence-corrected chi connectivity index (χ4v) is 3.54. The summed E-state index contributed by atoms with van der Waals surface area (Å²) in [5, 5.41) is 3.78. The first kappa shape index (κ1) is 17.2. The van der Waals surface area contributed by atoms with Gasteiger partial charge in [0.1, 0.15) is 13.2 Å². The lowest BCUT2D eigenvalue weighted by Gasteiger charge is -2.23. The molecular formula is C17H25ClN4O2. The van der Waals surface area contributed by atoms with Crippen molar-refractivity contribution in [2.75, 3.05) is 32.8 Å². The van der Waals surface area contributed by atoms with Crippen molar-refractivity contribution >= 4 is 17.6 Å². The maximum atomic E-state index is 6.24. The molecule has 0 spiro atoms. The lowest BCUT2D eigenvalue weighted by atomic mass is 10.2. The second kappa shape index (κ2) is 7.94. The summed E-state index contributed by atoms with van der Waals surface area (Å²) in [6.07, 6.45) is 2.47. The Balaban J connectivity index is 1.56. The molecule has 1 unspecified atom stereocenters. The van der Waals surface area contributed by atoms with Crippen LogP contribution in [0, 0.1) is 0 Å². The van der Waals surface area contributed by atoms with Crippen LogP contribution in [0.1, 0.15) is 25.3 Å². The van der Waals surface area contributed by atoms with Crippen LogP contribution in [0.15, 0.2) is 17.1 Å². The fourth-order valence-electron chi connectivity index (χ4n) is 3.25. The van der Waals surface area contributed by atoms with Crippen molar-refractivity contribution in [3.8, 4) is 11.5 Å². The zero-order chi connectivity index (χ0) is 16.9. The number of hydrogen-bond acceptors (Lipinski definition) is 4. The Labute approximate surface area is 148 Å². The van der Waals surface area contributed by atoms with Crippen LogP contribution in [0.4, 0.5) is 0 Å². The van der Waals surface area contributed by atoms with Gasteiger partial charge >= 0.3 is 0 Å². The van der Waals surface area contributed by atoms with Gasteiger partial charge in [-0.05, 0) is 43.6 Å². The Morgan fingerprint density at radius 2 is 2.25 bits per heavy atom. The number of guanidine groups is 1. The van der Waals surface area contributed by atoms with Gasteiger partial charge in [0.15, 0.2) is 17.5 Å². The second-order valence-electron chi connectivity index (χ2n) is 6.11. The quantitative estimate of drug-likeness (QED) is 0.626. The molecule has 1 aromatic carbocycles. The van der Waals surface area contributed by atoms with E-state index in [-0.39, 0.29) is 0 Å². The zero-order valence-corrected chi connectivity index (χ0v) is 14.8. The molecule has 0 bridgehead atoms. The van der Waals surface area contributed by atoms with Crippen molar-refractivity contribution in [2.24, 2.45) is 10.7 Å². The number of hydrogen-bond donors (Lipinski definition) is 2. The van der Waals surface area contributed by atoms with Gasteiger partial charge in [0.25, 0.3) is 0 Å². The summed E-state index contributed by atoms with van der Waals surface area (Å²) < 4.78 is 11.1. The topological polar surface area (TPSA) is 72.1 Å². The highest BCUT2D eigenvalue weighted by atomic mass is 35.5. The summed E-state index contributed by atoms with van der Waals surface area (Å²) >= 11 is 6.24. The van der Waals surface area contributed by atoms with Crippen molar-refractivity contribution in [3.63, 3.8) is 0 Å². The molecule has 1 fully saturated rings. The van der Waals surface area contributed by atoms with Crippen LogP contribution < -0.4 is 20.5 Å². The molecule has 24 heavy (non-hydrogen) atoms. The number of rotatable bonds is 5. The smallest absolute Gasteiger partial charge is 0.188 e. The van der Waals surface area contributed by atoms with Gasteiger partial charge in [0.05, 0.1) is 11.6 Å². The first-order valence-electron chi connectivity index (χ1n) is 8.53. The maximum Gasteiger partial charge on any atom is 0.188 e. The Hall–Kier alpha value is -1.66. The van der Waals surface area contributed by atoms with E-state index in [1.165, 1.54) is 19.4 Å². The van der Waals surface area contributed by atoms with E-state index in [4.69, 9.17) is 26.8 Å². The van der Waals surface area contributed by atoms with E-state index in [1.54, 1.807) is 0 Å². The highest BCUT2D eigenvalue weighted by Crippen LogP contribution is 2.38. The SMILES string of the molecule is CCN1CCCC1CNC(N)=NCc1cc(Cl)c2c(c1)OCCO2. The molecule has 3 N–H and O–H groups in total. The predicted molar refractivity (Wildman–Crippen MR) is 96.0 cm³/mol. The lowest BCUT2D eigenvalue weighted by molar-refractivity contribution is 0.171. The highest BCUT2D eigenvalue weighted by Gasteiger charge is 2.22. The molecule has 6 nitrogen and oxygen atoms in total. The van der Waals surface area contributed by atoms with Crippen molar-refractivity contribution in [3.05, 3.63) is 22.7 Å². The van der Waals surface area contributed by atoms with Gasteiger partial charge in [0, 0.05) is 12.6 Å². The van der Waals surface area contributed by atoms with Crippen LogP contribution >= 0.6 is 11.6 Å². The summed E-state index contributed by atoms with van der Waals surface area (Å²) in [5.74, 6) is 1.75. The molecule has 1 saturated heterocycles. The fraction of sp³-hybridized carbons (Fsp3) is 0.588. The normalized spacial score (nSPS) is 21.1. The Kier molecular flexibility index (Phi) is 5.68. The average Bonchev–Trinajstić information content (AvgIpc) is 3.06. The summed E-state index contributed by atoms with van der Waals surface area (Å²) in [6, 6.07) is 4.31. The maximum absolute atomic E-state index is 6.24. The molecule has 132 valence electrons. The minimum atomic E-state index is 0.456. The molecule has 0 aliphatic carbocycles. The third-order valence-electron chi connectivity index (χ3n) is 4.51. The van der Waals surface area contributed by atoms with Gasteiger partial charge in [0.2, 0.25) is 0 Å². The zero-order valence-electron chi connectivity index (χ0n) is 14.1. The van der Waals surface area contributed by atoms with E-state index in [1.807, 2.05) is 12.1 Å². The number of fused-ring (bicyclic) bond motifs is 1. The van der Waals surface area contributed by atoms with Gasteiger partial charge in [-0.3, -0.25) is 4.90 Å². The van der Waals surface area contributed by atoms with E-state index in [0.717, 1.165) is 18.7 Å². The number of nitrogens with zero attached hydrogens (tertiary/aromatic N) is 2. The Morgan fingerprint density at radius 1 is 1.42 bits per heavy atom. The number of halogens is 1. The molecule has 0 saturated carbocycles. The van der Waals surface area contributed by atoms with Crippen LogP contribution in [0.5, 0.6) is 11.5 Å². The third kappa shape index (κ3) is 4.05. The summed E-state index contributed by atoms with van der Waals surface area (Å²) in [6.45, 7) is 6.81. The van der Waals surface area contributed by atoms with Gasteiger partial charge in [-0.2, -0.15) is 0 Å². The van der Waals surface area contributed by atoms with Crippen LogP contribution in [-0.4, -0.2) is 49.7 Å². The van der Waals surface area contributed by atoms with E-state index >= 15 is 0 Å². The van der Waals surface area contributed by atoms with E-state index in [2.05, 4.69) is 22.1 Å². The van der Waals surface area contributed by atoms with Crippen LogP contribution in [0.3, 0.4) is 0 Å². The number of aliphatic imine (C=N–C) groups is 1. The minimum absolute atomic E-state index is 0.456. The number of nitrogens with one attached hydrogen (secondary N) is 1. The largest absolute Gasteiger partial charge is 0.486 e. The number of likely N-dealkylation sites (N-methyl/N-ethyl adjacent to an activating group) is 1. The molecule has 7 heteroatoms. The summed E-state index contributed by atoms with van der Waals surface area (Å²) in [7, 11) is 0.